The number of rotatable bonds is 5. The van der Waals surface area contributed by atoms with Gasteiger partial charge in [0.2, 0.25) is 0 Å². The van der Waals surface area contributed by atoms with E-state index in [4.69, 9.17) is 9.72 Å². The molecule has 0 amide bonds. The van der Waals surface area contributed by atoms with Crippen LogP contribution in [0.4, 0.5) is 11.4 Å². The number of ketones is 1. The number of carbonyl (C=O) groups excluding carboxylic acids is 1. The van der Waals surface area contributed by atoms with E-state index in [-0.39, 0.29) is 12.4 Å². The van der Waals surface area contributed by atoms with Crippen molar-refractivity contribution in [1.82, 2.24) is 4.98 Å². The topological polar surface area (TPSA) is 51.2 Å². The lowest BCUT2D eigenvalue weighted by molar-refractivity contribution is -0.118. The first-order valence-electron chi connectivity index (χ1n) is 8.47. The van der Waals surface area contributed by atoms with Gasteiger partial charge in [-0.05, 0) is 43.3 Å². The smallest absolute Gasteiger partial charge is 0.167 e. The maximum atomic E-state index is 11.0. The summed E-state index contributed by atoms with van der Waals surface area (Å²) in [5.74, 6) is 0.678. The number of pyridine rings is 1. The molecule has 4 nitrogen and oxygen atoms in total. The van der Waals surface area contributed by atoms with Gasteiger partial charge in [0.25, 0.3) is 0 Å². The van der Waals surface area contributed by atoms with Crippen molar-refractivity contribution in [2.45, 2.75) is 6.92 Å². The Balaban J connectivity index is 1.72. The van der Waals surface area contributed by atoms with Crippen molar-refractivity contribution in [2.75, 3.05) is 11.9 Å². The molecule has 0 aliphatic rings. The summed E-state index contributed by atoms with van der Waals surface area (Å²) in [4.78, 5) is 15.8. The van der Waals surface area contributed by atoms with E-state index in [2.05, 4.69) is 17.4 Å². The third kappa shape index (κ3) is 3.22. The number of benzene rings is 3. The van der Waals surface area contributed by atoms with Crippen molar-refractivity contribution < 1.29 is 9.53 Å². The van der Waals surface area contributed by atoms with E-state index in [1.807, 2.05) is 60.7 Å². The maximum absolute atomic E-state index is 11.0. The SMILES string of the molecule is CC(=O)COc1ccc(Nc2c3ccccc3nc3ccccc23)cc1. The van der Waals surface area contributed by atoms with Crippen LogP contribution in [0.25, 0.3) is 21.8 Å². The van der Waals surface area contributed by atoms with Gasteiger partial charge in [0.05, 0.1) is 16.7 Å². The van der Waals surface area contributed by atoms with E-state index >= 15 is 0 Å². The summed E-state index contributed by atoms with van der Waals surface area (Å²) in [5, 5.41) is 5.66. The van der Waals surface area contributed by atoms with Crippen LogP contribution in [0.2, 0.25) is 0 Å². The Labute approximate surface area is 151 Å². The second kappa shape index (κ2) is 6.84. The van der Waals surface area contributed by atoms with Crippen LogP contribution in [0, 0.1) is 0 Å². The molecule has 4 aromatic rings. The number of hydrogen-bond donors (Lipinski definition) is 1. The highest BCUT2D eigenvalue weighted by molar-refractivity contribution is 6.08. The molecule has 0 saturated carbocycles. The average molecular weight is 342 g/mol. The van der Waals surface area contributed by atoms with Gasteiger partial charge in [-0.2, -0.15) is 0 Å². The molecule has 1 heterocycles. The zero-order valence-corrected chi connectivity index (χ0v) is 14.4. The fraction of sp³-hybridized carbons (Fsp3) is 0.0909. The second-order valence-electron chi connectivity index (χ2n) is 6.16. The summed E-state index contributed by atoms with van der Waals surface area (Å²) < 4.78 is 5.43. The zero-order valence-electron chi connectivity index (χ0n) is 14.4. The first kappa shape index (κ1) is 16.1. The van der Waals surface area contributed by atoms with E-state index in [1.54, 1.807) is 0 Å². The standard InChI is InChI=1S/C22H18N2O2/c1-15(25)14-26-17-12-10-16(11-13-17)23-22-18-6-2-4-8-20(18)24-21-9-5-3-7-19(21)22/h2-13H,14H2,1H3,(H,23,24). The van der Waals surface area contributed by atoms with E-state index < -0.39 is 0 Å². The minimum atomic E-state index is 0.00178. The molecule has 128 valence electrons. The van der Waals surface area contributed by atoms with Gasteiger partial charge in [0.1, 0.15) is 12.4 Å². The van der Waals surface area contributed by atoms with Gasteiger partial charge in [-0.3, -0.25) is 4.79 Å². The molecule has 0 aliphatic carbocycles. The van der Waals surface area contributed by atoms with Crippen LogP contribution in [0.5, 0.6) is 5.75 Å². The number of aromatic nitrogens is 1. The lowest BCUT2D eigenvalue weighted by Crippen LogP contribution is -2.06. The molecule has 0 atom stereocenters. The molecule has 0 bridgehead atoms. The predicted molar refractivity (Wildman–Crippen MR) is 105 cm³/mol. The third-order valence-corrected chi connectivity index (χ3v) is 4.15. The molecule has 0 saturated heterocycles. The van der Waals surface area contributed by atoms with Crippen LogP contribution in [0.1, 0.15) is 6.92 Å². The lowest BCUT2D eigenvalue weighted by atomic mass is 10.1. The second-order valence-corrected chi connectivity index (χ2v) is 6.16. The van der Waals surface area contributed by atoms with Gasteiger partial charge in [0, 0.05) is 16.5 Å². The Kier molecular flexibility index (Phi) is 4.23. The molecule has 0 radical (unpaired) electrons. The van der Waals surface area contributed by atoms with E-state index in [1.165, 1.54) is 6.92 Å². The summed E-state index contributed by atoms with van der Waals surface area (Å²) in [5.41, 5.74) is 3.88. The quantitative estimate of drug-likeness (QED) is 0.513. The van der Waals surface area contributed by atoms with E-state index in [9.17, 15) is 4.79 Å². The van der Waals surface area contributed by atoms with Crippen LogP contribution in [-0.2, 0) is 4.79 Å². The summed E-state index contributed by atoms with van der Waals surface area (Å²) >= 11 is 0. The molecular weight excluding hydrogens is 324 g/mol. The summed E-state index contributed by atoms with van der Waals surface area (Å²) in [7, 11) is 0. The molecular formula is C22H18N2O2. The van der Waals surface area contributed by atoms with Crippen LogP contribution in [0.15, 0.2) is 72.8 Å². The van der Waals surface area contributed by atoms with Crippen molar-refractivity contribution in [1.29, 1.82) is 0 Å². The fourth-order valence-electron chi connectivity index (χ4n) is 2.94. The number of ether oxygens (including phenoxy) is 1. The van der Waals surface area contributed by atoms with Crippen molar-refractivity contribution in [3.8, 4) is 5.75 Å². The van der Waals surface area contributed by atoms with Crippen molar-refractivity contribution >= 4 is 39.0 Å². The number of Topliss-reactive ketones (excluding diaryl/α,β-unsaturated/α-hetero) is 1. The Hall–Kier alpha value is -3.40. The largest absolute Gasteiger partial charge is 0.486 e. The fourth-order valence-corrected chi connectivity index (χ4v) is 2.94. The molecule has 26 heavy (non-hydrogen) atoms. The third-order valence-electron chi connectivity index (χ3n) is 4.15. The van der Waals surface area contributed by atoms with Crippen LogP contribution in [-0.4, -0.2) is 17.4 Å². The van der Waals surface area contributed by atoms with Crippen molar-refractivity contribution in [3.63, 3.8) is 0 Å². The number of nitrogens with zero attached hydrogens (tertiary/aromatic N) is 1. The summed E-state index contributed by atoms with van der Waals surface area (Å²) in [6.07, 6.45) is 0. The van der Waals surface area contributed by atoms with Crippen LogP contribution >= 0.6 is 0 Å². The average Bonchev–Trinajstić information content (AvgIpc) is 2.67. The molecule has 1 N–H and O–H groups in total. The van der Waals surface area contributed by atoms with E-state index in [0.29, 0.717) is 5.75 Å². The highest BCUT2D eigenvalue weighted by atomic mass is 16.5. The zero-order chi connectivity index (χ0) is 17.9. The lowest BCUT2D eigenvalue weighted by Gasteiger charge is -2.13. The number of hydrogen-bond acceptors (Lipinski definition) is 4. The molecule has 0 fully saturated rings. The van der Waals surface area contributed by atoms with Gasteiger partial charge in [-0.15, -0.1) is 0 Å². The summed E-state index contributed by atoms with van der Waals surface area (Å²) in [6, 6.07) is 23.8. The van der Waals surface area contributed by atoms with Crippen molar-refractivity contribution in [2.24, 2.45) is 0 Å². The number of carbonyl (C=O) groups is 1. The Morgan fingerprint density at radius 1 is 0.885 bits per heavy atom. The van der Waals surface area contributed by atoms with Gasteiger partial charge < -0.3 is 10.1 Å². The minimum Gasteiger partial charge on any atom is -0.486 e. The molecule has 4 rings (SSSR count). The monoisotopic (exact) mass is 342 g/mol. The first-order chi connectivity index (χ1) is 12.7. The normalized spacial score (nSPS) is 10.8. The van der Waals surface area contributed by atoms with Gasteiger partial charge >= 0.3 is 0 Å². The number of para-hydroxylation sites is 2. The molecule has 3 aromatic carbocycles. The number of fused-ring (bicyclic) bond motifs is 2. The van der Waals surface area contributed by atoms with E-state index in [0.717, 1.165) is 33.2 Å². The van der Waals surface area contributed by atoms with Crippen molar-refractivity contribution in [3.05, 3.63) is 72.8 Å². The molecule has 0 spiro atoms. The molecule has 1 aromatic heterocycles. The Morgan fingerprint density at radius 3 is 2.04 bits per heavy atom. The minimum absolute atomic E-state index is 0.00178. The summed E-state index contributed by atoms with van der Waals surface area (Å²) in [6.45, 7) is 1.60. The molecule has 0 aliphatic heterocycles. The van der Waals surface area contributed by atoms with Crippen LogP contribution in [0.3, 0.4) is 0 Å². The number of anilines is 2. The Bertz CT molecular complexity index is 1030. The van der Waals surface area contributed by atoms with Crippen LogP contribution < -0.4 is 10.1 Å². The van der Waals surface area contributed by atoms with Gasteiger partial charge in [-0.1, -0.05) is 36.4 Å². The predicted octanol–water partition coefficient (Wildman–Crippen LogP) is 5.10. The highest BCUT2D eigenvalue weighted by Crippen LogP contribution is 2.33. The van der Waals surface area contributed by atoms with Gasteiger partial charge in [-0.25, -0.2) is 4.98 Å². The number of nitrogens with one attached hydrogen (secondary N) is 1. The first-order valence-corrected chi connectivity index (χ1v) is 8.47. The maximum Gasteiger partial charge on any atom is 0.167 e. The molecule has 0 unspecified atom stereocenters. The molecule has 4 heteroatoms. The highest BCUT2D eigenvalue weighted by Gasteiger charge is 2.09. The Morgan fingerprint density at radius 2 is 1.46 bits per heavy atom. The van der Waals surface area contributed by atoms with Gasteiger partial charge in [0.15, 0.2) is 5.78 Å².